The number of carbonyl (C=O) groups is 1. The summed E-state index contributed by atoms with van der Waals surface area (Å²) in [4.78, 5) is 15.7. The van der Waals surface area contributed by atoms with Crippen LogP contribution >= 0.6 is 0 Å². The summed E-state index contributed by atoms with van der Waals surface area (Å²) in [5.41, 5.74) is 2.05. The van der Waals surface area contributed by atoms with Gasteiger partial charge in [0, 0.05) is 18.3 Å². The number of anilines is 2. The minimum atomic E-state index is -1.34. The number of rotatable bonds is 3. The molecular formula is C12H9F3N4O. The third-order valence-electron chi connectivity index (χ3n) is 2.48. The van der Waals surface area contributed by atoms with Crippen molar-refractivity contribution in [2.24, 2.45) is 5.84 Å². The quantitative estimate of drug-likeness (QED) is 0.457. The van der Waals surface area contributed by atoms with Crippen molar-refractivity contribution in [2.75, 3.05) is 10.7 Å². The molecule has 1 amide bonds. The smallest absolute Gasteiger partial charge is 0.258 e. The zero-order valence-corrected chi connectivity index (χ0v) is 9.95. The summed E-state index contributed by atoms with van der Waals surface area (Å²) < 4.78 is 39.2. The van der Waals surface area contributed by atoms with E-state index >= 15 is 0 Å². The Bertz CT molecular complexity index is 663. The van der Waals surface area contributed by atoms with Gasteiger partial charge in [0.05, 0.1) is 23.1 Å². The van der Waals surface area contributed by atoms with E-state index in [4.69, 9.17) is 5.84 Å². The van der Waals surface area contributed by atoms with Crippen LogP contribution in [0.3, 0.4) is 0 Å². The zero-order valence-electron chi connectivity index (χ0n) is 9.95. The SMILES string of the molecule is NNc1cnccc1C(=O)Nc1cc(F)c(F)cc1F. The lowest BCUT2D eigenvalue weighted by molar-refractivity contribution is 0.102. The first-order chi connectivity index (χ1) is 9.52. The molecule has 4 N–H and O–H groups in total. The third-order valence-corrected chi connectivity index (χ3v) is 2.48. The van der Waals surface area contributed by atoms with Crippen molar-refractivity contribution in [3.8, 4) is 0 Å². The topological polar surface area (TPSA) is 80.0 Å². The highest BCUT2D eigenvalue weighted by Gasteiger charge is 2.15. The molecule has 0 unspecified atom stereocenters. The van der Waals surface area contributed by atoms with Gasteiger partial charge < -0.3 is 10.7 Å². The van der Waals surface area contributed by atoms with Crippen LogP contribution in [0.4, 0.5) is 24.5 Å². The molecule has 1 heterocycles. The molecule has 0 saturated carbocycles. The Morgan fingerprint density at radius 1 is 1.10 bits per heavy atom. The van der Waals surface area contributed by atoms with Gasteiger partial charge in [-0.15, -0.1) is 0 Å². The van der Waals surface area contributed by atoms with Crippen LogP contribution in [0.25, 0.3) is 0 Å². The molecule has 8 heteroatoms. The summed E-state index contributed by atoms with van der Waals surface area (Å²) in [5.74, 6) is 0.759. The molecule has 1 aromatic heterocycles. The predicted octanol–water partition coefficient (Wildman–Crippen LogP) is 2.04. The van der Waals surface area contributed by atoms with Crippen LogP contribution in [0.15, 0.2) is 30.6 Å². The summed E-state index contributed by atoms with van der Waals surface area (Å²) in [7, 11) is 0. The summed E-state index contributed by atoms with van der Waals surface area (Å²) in [6.07, 6.45) is 2.62. The van der Waals surface area contributed by atoms with E-state index in [2.05, 4.69) is 15.7 Å². The Labute approximate surface area is 111 Å². The summed E-state index contributed by atoms with van der Waals surface area (Å²) in [6.45, 7) is 0. The van der Waals surface area contributed by atoms with Gasteiger partial charge in [0.2, 0.25) is 0 Å². The number of amides is 1. The summed E-state index contributed by atoms with van der Waals surface area (Å²) >= 11 is 0. The molecule has 0 aliphatic rings. The van der Waals surface area contributed by atoms with Gasteiger partial charge in [-0.25, -0.2) is 13.2 Å². The largest absolute Gasteiger partial charge is 0.322 e. The van der Waals surface area contributed by atoms with Gasteiger partial charge in [0.1, 0.15) is 5.82 Å². The minimum Gasteiger partial charge on any atom is -0.322 e. The van der Waals surface area contributed by atoms with E-state index in [1.807, 2.05) is 0 Å². The van der Waals surface area contributed by atoms with E-state index in [0.29, 0.717) is 12.1 Å². The average Bonchev–Trinajstić information content (AvgIpc) is 2.44. The Morgan fingerprint density at radius 2 is 1.80 bits per heavy atom. The number of halogens is 3. The van der Waals surface area contributed by atoms with Crippen molar-refractivity contribution >= 4 is 17.3 Å². The minimum absolute atomic E-state index is 0.0756. The van der Waals surface area contributed by atoms with E-state index in [1.165, 1.54) is 18.5 Å². The van der Waals surface area contributed by atoms with Gasteiger partial charge in [-0.05, 0) is 6.07 Å². The van der Waals surface area contributed by atoms with Crippen LogP contribution in [0.5, 0.6) is 0 Å². The van der Waals surface area contributed by atoms with E-state index < -0.39 is 29.0 Å². The Kier molecular flexibility index (Phi) is 3.85. The molecule has 1 aromatic carbocycles. The number of nitrogen functional groups attached to an aromatic ring is 1. The van der Waals surface area contributed by atoms with Crippen molar-refractivity contribution < 1.29 is 18.0 Å². The molecule has 20 heavy (non-hydrogen) atoms. The first-order valence-electron chi connectivity index (χ1n) is 5.39. The molecule has 2 aromatic rings. The van der Waals surface area contributed by atoms with Gasteiger partial charge in [-0.1, -0.05) is 0 Å². The lowest BCUT2D eigenvalue weighted by atomic mass is 10.2. The van der Waals surface area contributed by atoms with E-state index in [1.54, 1.807) is 0 Å². The van der Waals surface area contributed by atoms with Crippen molar-refractivity contribution in [1.82, 2.24) is 4.98 Å². The molecule has 0 radical (unpaired) electrons. The number of nitrogens with one attached hydrogen (secondary N) is 2. The maximum atomic E-state index is 13.4. The number of pyridine rings is 1. The maximum Gasteiger partial charge on any atom is 0.258 e. The molecular weight excluding hydrogens is 273 g/mol. The van der Waals surface area contributed by atoms with Crippen LogP contribution < -0.4 is 16.6 Å². The van der Waals surface area contributed by atoms with Crippen molar-refractivity contribution in [3.05, 3.63) is 53.6 Å². The molecule has 0 atom stereocenters. The van der Waals surface area contributed by atoms with E-state index in [-0.39, 0.29) is 11.3 Å². The van der Waals surface area contributed by atoms with Crippen molar-refractivity contribution in [3.63, 3.8) is 0 Å². The second-order valence-electron chi connectivity index (χ2n) is 3.77. The number of hydrogen-bond donors (Lipinski definition) is 3. The number of benzene rings is 1. The van der Waals surface area contributed by atoms with E-state index in [9.17, 15) is 18.0 Å². The molecule has 5 nitrogen and oxygen atoms in total. The maximum absolute atomic E-state index is 13.4. The van der Waals surface area contributed by atoms with Gasteiger partial charge in [0.15, 0.2) is 11.6 Å². The number of carbonyl (C=O) groups excluding carboxylic acids is 1. The van der Waals surface area contributed by atoms with Gasteiger partial charge >= 0.3 is 0 Å². The first-order valence-corrected chi connectivity index (χ1v) is 5.39. The molecule has 2 rings (SSSR count). The number of nitrogens with zero attached hydrogens (tertiary/aromatic N) is 1. The fraction of sp³-hybridized carbons (Fsp3) is 0. The Morgan fingerprint density at radius 3 is 2.50 bits per heavy atom. The predicted molar refractivity (Wildman–Crippen MR) is 66.3 cm³/mol. The Balaban J connectivity index is 2.30. The lowest BCUT2D eigenvalue weighted by Gasteiger charge is -2.10. The van der Waals surface area contributed by atoms with Crippen LogP contribution in [0.2, 0.25) is 0 Å². The van der Waals surface area contributed by atoms with Crippen LogP contribution in [0, 0.1) is 17.5 Å². The third kappa shape index (κ3) is 2.69. The van der Waals surface area contributed by atoms with Gasteiger partial charge in [-0.3, -0.25) is 15.6 Å². The van der Waals surface area contributed by atoms with Crippen LogP contribution in [0.1, 0.15) is 10.4 Å². The highest BCUT2D eigenvalue weighted by molar-refractivity contribution is 6.07. The van der Waals surface area contributed by atoms with Gasteiger partial charge in [-0.2, -0.15) is 0 Å². The molecule has 0 aliphatic heterocycles. The normalized spacial score (nSPS) is 10.2. The molecule has 0 spiro atoms. The fourth-order valence-corrected chi connectivity index (χ4v) is 1.52. The zero-order chi connectivity index (χ0) is 14.7. The average molecular weight is 282 g/mol. The number of nitrogens with two attached hydrogens (primary N) is 1. The number of hydrogen-bond acceptors (Lipinski definition) is 4. The van der Waals surface area contributed by atoms with Gasteiger partial charge in [0.25, 0.3) is 5.91 Å². The van der Waals surface area contributed by atoms with Crippen LogP contribution in [-0.2, 0) is 0 Å². The van der Waals surface area contributed by atoms with Crippen molar-refractivity contribution in [2.45, 2.75) is 0 Å². The first kappa shape index (κ1) is 13.8. The van der Waals surface area contributed by atoms with Crippen molar-refractivity contribution in [1.29, 1.82) is 0 Å². The van der Waals surface area contributed by atoms with E-state index in [0.717, 1.165) is 0 Å². The fourth-order valence-electron chi connectivity index (χ4n) is 1.52. The molecule has 0 aliphatic carbocycles. The number of hydrazine groups is 1. The summed E-state index contributed by atoms with van der Waals surface area (Å²) in [6, 6.07) is 2.24. The summed E-state index contributed by atoms with van der Waals surface area (Å²) in [5, 5.41) is 2.13. The second kappa shape index (κ2) is 5.57. The highest BCUT2D eigenvalue weighted by Crippen LogP contribution is 2.20. The second-order valence-corrected chi connectivity index (χ2v) is 3.77. The molecule has 0 bridgehead atoms. The molecule has 0 saturated heterocycles. The standard InChI is InChI=1S/C12H9F3N4O/c13-7-3-9(15)10(4-8(7)14)18-12(20)6-1-2-17-5-11(6)19-16/h1-5,19H,16H2,(H,18,20). The molecule has 104 valence electrons. The Hall–Kier alpha value is -2.61. The molecule has 0 fully saturated rings. The highest BCUT2D eigenvalue weighted by atomic mass is 19.2. The van der Waals surface area contributed by atoms with Crippen LogP contribution in [-0.4, -0.2) is 10.9 Å². The lowest BCUT2D eigenvalue weighted by Crippen LogP contribution is -2.18. The monoisotopic (exact) mass is 282 g/mol. The number of aromatic nitrogens is 1.